The molecule has 1 aromatic heterocycles. The van der Waals surface area contributed by atoms with Crippen LogP contribution in [0.4, 0.5) is 0 Å². The van der Waals surface area contributed by atoms with Crippen molar-refractivity contribution in [3.63, 3.8) is 0 Å². The van der Waals surface area contributed by atoms with Crippen LogP contribution in [0, 0.1) is 0 Å². The summed E-state index contributed by atoms with van der Waals surface area (Å²) in [6, 6.07) is 3.42. The van der Waals surface area contributed by atoms with Crippen molar-refractivity contribution in [3.05, 3.63) is 24.0 Å². The van der Waals surface area contributed by atoms with Crippen LogP contribution in [0.15, 0.2) is 18.3 Å². The number of rotatable bonds is 1. The summed E-state index contributed by atoms with van der Waals surface area (Å²) >= 11 is 0. The van der Waals surface area contributed by atoms with Gasteiger partial charge in [-0.3, -0.25) is 4.98 Å². The van der Waals surface area contributed by atoms with E-state index in [2.05, 4.69) is 4.98 Å². The average Bonchev–Trinajstić information content (AvgIpc) is 2.24. The van der Waals surface area contributed by atoms with Gasteiger partial charge in [0.2, 0.25) is 0 Å². The predicted octanol–water partition coefficient (Wildman–Crippen LogP) is 0.876. The minimum atomic E-state index is -0.858. The van der Waals surface area contributed by atoms with Crippen LogP contribution in [0.3, 0.4) is 0 Å². The molecule has 0 saturated heterocycles. The molecule has 0 unspecified atom stereocenters. The summed E-state index contributed by atoms with van der Waals surface area (Å²) in [4.78, 5) is 4.06. The predicted molar refractivity (Wildman–Crippen MR) is 56.2 cm³/mol. The number of aromatic hydroxyl groups is 1. The van der Waals surface area contributed by atoms with Gasteiger partial charge in [0.05, 0.1) is 11.9 Å². The molecule has 1 heterocycles. The molecule has 0 radical (unpaired) electrons. The summed E-state index contributed by atoms with van der Waals surface area (Å²) in [6.07, 6.45) is 4.29. The van der Waals surface area contributed by atoms with Crippen molar-refractivity contribution in [1.82, 2.24) is 4.98 Å². The number of nitrogens with two attached hydrogens (primary N) is 1. The van der Waals surface area contributed by atoms with E-state index < -0.39 is 5.60 Å². The van der Waals surface area contributed by atoms with Gasteiger partial charge in [-0.1, -0.05) is 0 Å². The molecule has 0 bridgehead atoms. The van der Waals surface area contributed by atoms with Crippen LogP contribution in [-0.2, 0) is 5.60 Å². The maximum atomic E-state index is 10.4. The molecule has 1 aliphatic carbocycles. The Labute approximate surface area is 88.8 Å². The lowest BCUT2D eigenvalue weighted by atomic mass is 9.80. The summed E-state index contributed by atoms with van der Waals surface area (Å²) in [7, 11) is 0. The summed E-state index contributed by atoms with van der Waals surface area (Å²) in [5.41, 5.74) is 5.56. The monoisotopic (exact) mass is 208 g/mol. The molecule has 82 valence electrons. The number of aromatic nitrogens is 1. The van der Waals surface area contributed by atoms with Crippen LogP contribution < -0.4 is 5.73 Å². The van der Waals surface area contributed by atoms with Gasteiger partial charge in [0.15, 0.2) is 0 Å². The SMILES string of the molecule is N[C@H]1CC[C@@](O)(c2ccc(O)cn2)CC1. The van der Waals surface area contributed by atoms with Crippen molar-refractivity contribution in [3.8, 4) is 5.75 Å². The van der Waals surface area contributed by atoms with Gasteiger partial charge >= 0.3 is 0 Å². The van der Waals surface area contributed by atoms with Crippen molar-refractivity contribution in [2.75, 3.05) is 0 Å². The molecular weight excluding hydrogens is 192 g/mol. The largest absolute Gasteiger partial charge is 0.506 e. The van der Waals surface area contributed by atoms with Crippen LogP contribution >= 0.6 is 0 Å². The van der Waals surface area contributed by atoms with Gasteiger partial charge in [0, 0.05) is 6.04 Å². The highest BCUT2D eigenvalue weighted by atomic mass is 16.3. The lowest BCUT2D eigenvalue weighted by Gasteiger charge is -2.34. The van der Waals surface area contributed by atoms with Gasteiger partial charge in [0.25, 0.3) is 0 Å². The quantitative estimate of drug-likeness (QED) is 0.640. The first-order chi connectivity index (χ1) is 7.10. The third kappa shape index (κ3) is 2.11. The Bertz CT molecular complexity index is 329. The van der Waals surface area contributed by atoms with E-state index in [4.69, 9.17) is 10.8 Å². The second-order valence-corrected chi connectivity index (χ2v) is 4.27. The van der Waals surface area contributed by atoms with E-state index in [9.17, 15) is 5.11 Å². The van der Waals surface area contributed by atoms with Gasteiger partial charge in [-0.2, -0.15) is 0 Å². The van der Waals surface area contributed by atoms with E-state index in [1.54, 1.807) is 12.1 Å². The molecular formula is C11H16N2O2. The first-order valence-electron chi connectivity index (χ1n) is 5.24. The second kappa shape index (κ2) is 3.79. The summed E-state index contributed by atoms with van der Waals surface area (Å²) in [5, 5.41) is 19.5. The molecule has 0 aromatic carbocycles. The minimum Gasteiger partial charge on any atom is -0.506 e. The molecule has 1 saturated carbocycles. The van der Waals surface area contributed by atoms with Gasteiger partial charge in [0.1, 0.15) is 11.4 Å². The normalized spacial score (nSPS) is 31.5. The first-order valence-corrected chi connectivity index (χ1v) is 5.24. The molecule has 15 heavy (non-hydrogen) atoms. The van der Waals surface area contributed by atoms with Gasteiger partial charge in [-0.25, -0.2) is 0 Å². The molecule has 2 rings (SSSR count). The lowest BCUT2D eigenvalue weighted by Crippen LogP contribution is -2.37. The maximum Gasteiger partial charge on any atom is 0.133 e. The Morgan fingerprint density at radius 2 is 2.00 bits per heavy atom. The minimum absolute atomic E-state index is 0.120. The van der Waals surface area contributed by atoms with Crippen LogP contribution in [0.2, 0.25) is 0 Å². The standard InChI is InChI=1S/C11H16N2O2/c12-8-3-5-11(15,6-4-8)10-2-1-9(14)7-13-10/h1-2,7-8,14-15H,3-6,12H2/t8-,11-. The molecule has 4 N–H and O–H groups in total. The summed E-state index contributed by atoms with van der Waals surface area (Å²) < 4.78 is 0. The molecule has 1 aliphatic rings. The molecule has 0 atom stereocenters. The third-order valence-electron chi connectivity index (χ3n) is 3.08. The highest BCUT2D eigenvalue weighted by molar-refractivity contribution is 5.22. The fourth-order valence-corrected chi connectivity index (χ4v) is 2.04. The van der Waals surface area contributed by atoms with Crippen LogP contribution in [0.1, 0.15) is 31.4 Å². The number of pyridine rings is 1. The molecule has 0 spiro atoms. The van der Waals surface area contributed by atoms with Crippen molar-refractivity contribution >= 4 is 0 Å². The second-order valence-electron chi connectivity index (χ2n) is 4.27. The third-order valence-corrected chi connectivity index (χ3v) is 3.08. The molecule has 4 heteroatoms. The Balaban J connectivity index is 2.18. The molecule has 0 amide bonds. The van der Waals surface area contributed by atoms with Crippen LogP contribution in [0.5, 0.6) is 5.75 Å². The molecule has 4 nitrogen and oxygen atoms in total. The van der Waals surface area contributed by atoms with Crippen molar-refractivity contribution in [1.29, 1.82) is 0 Å². The Morgan fingerprint density at radius 3 is 2.53 bits per heavy atom. The number of aliphatic hydroxyl groups is 1. The maximum absolute atomic E-state index is 10.4. The average molecular weight is 208 g/mol. The topological polar surface area (TPSA) is 79.4 Å². The van der Waals surface area contributed by atoms with E-state index in [0.717, 1.165) is 12.8 Å². The van der Waals surface area contributed by atoms with E-state index in [0.29, 0.717) is 18.5 Å². The zero-order chi connectivity index (χ0) is 10.9. The Hall–Kier alpha value is -1.13. The Morgan fingerprint density at radius 1 is 1.33 bits per heavy atom. The highest BCUT2D eigenvalue weighted by Gasteiger charge is 2.34. The van der Waals surface area contributed by atoms with E-state index >= 15 is 0 Å². The summed E-state index contributed by atoms with van der Waals surface area (Å²) in [6.45, 7) is 0. The molecule has 1 aromatic rings. The van der Waals surface area contributed by atoms with Crippen molar-refractivity contribution < 1.29 is 10.2 Å². The molecule has 1 fully saturated rings. The zero-order valence-electron chi connectivity index (χ0n) is 8.56. The number of hydrogen-bond acceptors (Lipinski definition) is 4. The van der Waals surface area contributed by atoms with Gasteiger partial charge in [-0.15, -0.1) is 0 Å². The van der Waals surface area contributed by atoms with Crippen LogP contribution in [-0.4, -0.2) is 21.2 Å². The van der Waals surface area contributed by atoms with Gasteiger partial charge < -0.3 is 15.9 Å². The van der Waals surface area contributed by atoms with Crippen molar-refractivity contribution in [2.24, 2.45) is 5.73 Å². The fourth-order valence-electron chi connectivity index (χ4n) is 2.04. The first kappa shape index (κ1) is 10.4. The number of nitrogens with zero attached hydrogens (tertiary/aromatic N) is 1. The molecule has 0 aliphatic heterocycles. The van der Waals surface area contributed by atoms with Crippen LogP contribution in [0.25, 0.3) is 0 Å². The fraction of sp³-hybridized carbons (Fsp3) is 0.545. The van der Waals surface area contributed by atoms with E-state index in [-0.39, 0.29) is 11.8 Å². The zero-order valence-corrected chi connectivity index (χ0v) is 8.56. The number of hydrogen-bond donors (Lipinski definition) is 3. The highest BCUT2D eigenvalue weighted by Crippen LogP contribution is 2.35. The van der Waals surface area contributed by atoms with E-state index in [1.165, 1.54) is 6.20 Å². The van der Waals surface area contributed by atoms with Crippen molar-refractivity contribution in [2.45, 2.75) is 37.3 Å². The Kier molecular flexibility index (Phi) is 2.63. The summed E-state index contributed by atoms with van der Waals surface area (Å²) in [5.74, 6) is 0.120. The van der Waals surface area contributed by atoms with E-state index in [1.807, 2.05) is 0 Å². The lowest BCUT2D eigenvalue weighted by molar-refractivity contribution is -0.00892. The smallest absolute Gasteiger partial charge is 0.133 e. The van der Waals surface area contributed by atoms with Gasteiger partial charge in [-0.05, 0) is 37.8 Å².